The third-order valence-electron chi connectivity index (χ3n) is 3.10. The summed E-state index contributed by atoms with van der Waals surface area (Å²) in [5.74, 6) is 0.823. The lowest BCUT2D eigenvalue weighted by molar-refractivity contribution is 0.369. The summed E-state index contributed by atoms with van der Waals surface area (Å²) in [5, 5.41) is 0. The molecular formula is C10H16O. The van der Waals surface area contributed by atoms with E-state index in [1.165, 1.54) is 19.3 Å². The van der Waals surface area contributed by atoms with Crippen LogP contribution in [-0.2, 0) is 4.74 Å². The number of hydrogen-bond acceptors (Lipinski definition) is 1. The van der Waals surface area contributed by atoms with Gasteiger partial charge in [0.1, 0.15) is 0 Å². The van der Waals surface area contributed by atoms with Crippen molar-refractivity contribution in [3.05, 3.63) is 11.6 Å². The first-order chi connectivity index (χ1) is 5.31. The standard InChI is InChI=1S/C10H16O/c1-3-7(2)8-4-5-9-10(6-8)11-9/h3,8-10H,4-6H2,1-2H3. The SMILES string of the molecule is CC=C(C)C1CCC2OC2C1. The Bertz CT molecular complexity index is 183. The van der Waals surface area contributed by atoms with Crippen molar-refractivity contribution in [2.45, 2.75) is 45.3 Å². The van der Waals surface area contributed by atoms with Gasteiger partial charge in [-0.3, -0.25) is 0 Å². The average Bonchev–Trinajstić information content (AvgIpc) is 2.80. The first-order valence-corrected chi connectivity index (χ1v) is 4.59. The van der Waals surface area contributed by atoms with E-state index in [1.807, 2.05) is 0 Å². The van der Waals surface area contributed by atoms with Crippen molar-refractivity contribution in [1.82, 2.24) is 0 Å². The van der Waals surface area contributed by atoms with Crippen molar-refractivity contribution in [2.24, 2.45) is 5.92 Å². The van der Waals surface area contributed by atoms with Crippen LogP contribution < -0.4 is 0 Å². The van der Waals surface area contributed by atoms with Crippen LogP contribution in [0.4, 0.5) is 0 Å². The highest BCUT2D eigenvalue weighted by Crippen LogP contribution is 2.41. The van der Waals surface area contributed by atoms with Crippen molar-refractivity contribution >= 4 is 0 Å². The normalized spacial score (nSPS) is 43.5. The molecule has 1 saturated heterocycles. The van der Waals surface area contributed by atoms with Gasteiger partial charge in [-0.2, -0.15) is 0 Å². The molecule has 1 aliphatic heterocycles. The van der Waals surface area contributed by atoms with E-state index in [1.54, 1.807) is 5.57 Å². The number of ether oxygens (including phenoxy) is 1. The second kappa shape index (κ2) is 2.63. The van der Waals surface area contributed by atoms with Gasteiger partial charge in [-0.15, -0.1) is 0 Å². The van der Waals surface area contributed by atoms with E-state index in [9.17, 15) is 0 Å². The molecule has 0 amide bonds. The Morgan fingerprint density at radius 3 is 2.82 bits per heavy atom. The van der Waals surface area contributed by atoms with Gasteiger partial charge in [0.05, 0.1) is 12.2 Å². The quantitative estimate of drug-likeness (QED) is 0.415. The van der Waals surface area contributed by atoms with Crippen molar-refractivity contribution < 1.29 is 4.74 Å². The Morgan fingerprint density at radius 1 is 1.36 bits per heavy atom. The molecule has 0 spiro atoms. The Kier molecular flexibility index (Phi) is 1.76. The minimum Gasteiger partial charge on any atom is -0.370 e. The number of fused-ring (bicyclic) bond motifs is 1. The highest BCUT2D eigenvalue weighted by Gasteiger charge is 2.43. The van der Waals surface area contributed by atoms with Crippen molar-refractivity contribution in [1.29, 1.82) is 0 Å². The molecule has 11 heavy (non-hydrogen) atoms. The zero-order valence-electron chi connectivity index (χ0n) is 7.34. The van der Waals surface area contributed by atoms with Gasteiger partial charge in [-0.05, 0) is 39.0 Å². The lowest BCUT2D eigenvalue weighted by Crippen LogP contribution is -2.14. The van der Waals surface area contributed by atoms with E-state index in [-0.39, 0.29) is 0 Å². The van der Waals surface area contributed by atoms with E-state index in [0.29, 0.717) is 12.2 Å². The summed E-state index contributed by atoms with van der Waals surface area (Å²) < 4.78 is 5.48. The molecule has 0 aromatic carbocycles. The summed E-state index contributed by atoms with van der Waals surface area (Å²) in [6.45, 7) is 4.38. The number of rotatable bonds is 1. The van der Waals surface area contributed by atoms with Gasteiger partial charge in [-0.25, -0.2) is 0 Å². The largest absolute Gasteiger partial charge is 0.370 e. The molecule has 62 valence electrons. The van der Waals surface area contributed by atoms with Gasteiger partial charge < -0.3 is 4.74 Å². The summed E-state index contributed by atoms with van der Waals surface area (Å²) in [7, 11) is 0. The zero-order valence-corrected chi connectivity index (χ0v) is 7.34. The van der Waals surface area contributed by atoms with Gasteiger partial charge >= 0.3 is 0 Å². The smallest absolute Gasteiger partial charge is 0.0847 e. The molecule has 2 rings (SSSR count). The maximum atomic E-state index is 5.48. The number of hydrogen-bond donors (Lipinski definition) is 0. The molecule has 1 heterocycles. The average molecular weight is 152 g/mol. The fraction of sp³-hybridized carbons (Fsp3) is 0.800. The predicted octanol–water partition coefficient (Wildman–Crippen LogP) is 2.52. The number of epoxide rings is 1. The van der Waals surface area contributed by atoms with Crippen LogP contribution in [0.15, 0.2) is 11.6 Å². The molecule has 0 N–H and O–H groups in total. The fourth-order valence-electron chi connectivity index (χ4n) is 2.05. The van der Waals surface area contributed by atoms with Crippen molar-refractivity contribution in [2.75, 3.05) is 0 Å². The van der Waals surface area contributed by atoms with E-state index in [0.717, 1.165) is 5.92 Å². The van der Waals surface area contributed by atoms with E-state index in [4.69, 9.17) is 4.74 Å². The maximum absolute atomic E-state index is 5.48. The molecule has 1 aliphatic carbocycles. The molecule has 0 aromatic rings. The van der Waals surface area contributed by atoms with Crippen LogP contribution in [0.25, 0.3) is 0 Å². The minimum atomic E-state index is 0.628. The highest BCUT2D eigenvalue weighted by atomic mass is 16.6. The third-order valence-corrected chi connectivity index (χ3v) is 3.10. The van der Waals surface area contributed by atoms with Crippen LogP contribution in [0.2, 0.25) is 0 Å². The van der Waals surface area contributed by atoms with Gasteiger partial charge in [0.15, 0.2) is 0 Å². The van der Waals surface area contributed by atoms with Crippen molar-refractivity contribution in [3.8, 4) is 0 Å². The zero-order chi connectivity index (χ0) is 7.84. The van der Waals surface area contributed by atoms with Gasteiger partial charge in [0.2, 0.25) is 0 Å². The van der Waals surface area contributed by atoms with E-state index < -0.39 is 0 Å². The van der Waals surface area contributed by atoms with E-state index in [2.05, 4.69) is 19.9 Å². The van der Waals surface area contributed by atoms with Crippen LogP contribution in [0.1, 0.15) is 33.1 Å². The molecular weight excluding hydrogens is 136 g/mol. The molecule has 2 fully saturated rings. The van der Waals surface area contributed by atoms with Crippen molar-refractivity contribution in [3.63, 3.8) is 0 Å². The second-order valence-electron chi connectivity index (χ2n) is 3.76. The summed E-state index contributed by atoms with van der Waals surface area (Å²) in [5.41, 5.74) is 1.55. The number of allylic oxidation sites excluding steroid dienone is 2. The summed E-state index contributed by atoms with van der Waals surface area (Å²) >= 11 is 0. The van der Waals surface area contributed by atoms with Crippen LogP contribution in [-0.4, -0.2) is 12.2 Å². The highest BCUT2D eigenvalue weighted by molar-refractivity contribution is 5.07. The molecule has 1 nitrogen and oxygen atoms in total. The summed E-state index contributed by atoms with van der Waals surface area (Å²) in [4.78, 5) is 0. The Labute approximate surface area is 68.4 Å². The van der Waals surface area contributed by atoms with Gasteiger partial charge in [-0.1, -0.05) is 11.6 Å². The molecule has 0 aromatic heterocycles. The molecule has 3 unspecified atom stereocenters. The molecule has 0 bridgehead atoms. The topological polar surface area (TPSA) is 12.5 Å². The Morgan fingerprint density at radius 2 is 2.18 bits per heavy atom. The molecule has 2 aliphatic rings. The van der Waals surface area contributed by atoms with Gasteiger partial charge in [0, 0.05) is 0 Å². The predicted molar refractivity (Wildman–Crippen MR) is 45.4 cm³/mol. The lowest BCUT2D eigenvalue weighted by Gasteiger charge is -2.19. The van der Waals surface area contributed by atoms with Crippen LogP contribution in [0, 0.1) is 5.92 Å². The molecule has 1 saturated carbocycles. The fourth-order valence-corrected chi connectivity index (χ4v) is 2.05. The molecule has 1 heteroatoms. The Balaban J connectivity index is 1.94. The van der Waals surface area contributed by atoms with Crippen LogP contribution in [0.5, 0.6) is 0 Å². The first-order valence-electron chi connectivity index (χ1n) is 4.59. The summed E-state index contributed by atoms with van der Waals surface area (Å²) in [6, 6.07) is 0. The van der Waals surface area contributed by atoms with Crippen LogP contribution in [0.3, 0.4) is 0 Å². The maximum Gasteiger partial charge on any atom is 0.0847 e. The summed E-state index contributed by atoms with van der Waals surface area (Å²) in [6.07, 6.45) is 7.44. The van der Waals surface area contributed by atoms with Gasteiger partial charge in [0.25, 0.3) is 0 Å². The lowest BCUT2D eigenvalue weighted by atomic mass is 9.84. The van der Waals surface area contributed by atoms with E-state index >= 15 is 0 Å². The minimum absolute atomic E-state index is 0.628. The Hall–Kier alpha value is -0.300. The molecule has 3 atom stereocenters. The monoisotopic (exact) mass is 152 g/mol. The first kappa shape index (κ1) is 7.35. The van der Waals surface area contributed by atoms with Crippen LogP contribution >= 0.6 is 0 Å². The second-order valence-corrected chi connectivity index (χ2v) is 3.76. The molecule has 0 radical (unpaired) electrons. The third kappa shape index (κ3) is 1.34.